The lowest BCUT2D eigenvalue weighted by molar-refractivity contribution is 0.391. The molecular formula is C12H22N2. The van der Waals surface area contributed by atoms with E-state index in [-0.39, 0.29) is 11.1 Å². The summed E-state index contributed by atoms with van der Waals surface area (Å²) in [5.41, 5.74) is 0.372. The first kappa shape index (κ1) is 10.1. The highest BCUT2D eigenvalue weighted by atomic mass is 15.2. The fourth-order valence-corrected chi connectivity index (χ4v) is 2.71. The predicted octanol–water partition coefficient (Wildman–Crippen LogP) is 4.10. The molecule has 80 valence electrons. The molecule has 2 heteroatoms. The van der Waals surface area contributed by atoms with Gasteiger partial charge in [-0.2, -0.15) is 10.2 Å². The van der Waals surface area contributed by atoms with Crippen molar-refractivity contribution in [2.45, 2.75) is 76.3 Å². The van der Waals surface area contributed by atoms with E-state index in [0.717, 1.165) is 0 Å². The fraction of sp³-hybridized carbons (Fsp3) is 1.00. The number of azo groups is 1. The molecule has 2 fully saturated rings. The second-order valence-corrected chi connectivity index (χ2v) is 5.61. The molecule has 0 saturated heterocycles. The van der Waals surface area contributed by atoms with Crippen LogP contribution in [0.4, 0.5) is 0 Å². The Balaban J connectivity index is 1.98. The molecule has 0 aromatic carbocycles. The van der Waals surface area contributed by atoms with Crippen molar-refractivity contribution in [3.63, 3.8) is 0 Å². The van der Waals surface area contributed by atoms with Gasteiger partial charge in [0, 0.05) is 0 Å². The van der Waals surface area contributed by atoms with Gasteiger partial charge in [-0.3, -0.25) is 0 Å². The van der Waals surface area contributed by atoms with Crippen LogP contribution in [0.5, 0.6) is 0 Å². The lowest BCUT2D eigenvalue weighted by Gasteiger charge is -2.21. The first-order valence-corrected chi connectivity index (χ1v) is 6.06. The molecule has 2 nitrogen and oxygen atoms in total. The Hall–Kier alpha value is -0.400. The van der Waals surface area contributed by atoms with Crippen molar-refractivity contribution in [3.8, 4) is 0 Å². The van der Waals surface area contributed by atoms with Gasteiger partial charge in [-0.15, -0.1) is 0 Å². The molecule has 0 heterocycles. The molecule has 0 radical (unpaired) electrons. The standard InChI is InChI=1S/C12H22N2/c1-11(7-3-4-8-11)13-14-12(2)9-5-6-10-12/h3-10H2,1-2H3. The molecule has 0 bridgehead atoms. The summed E-state index contributed by atoms with van der Waals surface area (Å²) < 4.78 is 0. The summed E-state index contributed by atoms with van der Waals surface area (Å²) in [7, 11) is 0. The van der Waals surface area contributed by atoms with Gasteiger partial charge >= 0.3 is 0 Å². The summed E-state index contributed by atoms with van der Waals surface area (Å²) in [6, 6.07) is 0. The summed E-state index contributed by atoms with van der Waals surface area (Å²) in [5, 5.41) is 9.27. The molecule has 0 aromatic rings. The van der Waals surface area contributed by atoms with Crippen molar-refractivity contribution in [2.24, 2.45) is 10.2 Å². The van der Waals surface area contributed by atoms with E-state index in [1.807, 2.05) is 0 Å². The molecule has 0 unspecified atom stereocenters. The Labute approximate surface area is 87.2 Å². The van der Waals surface area contributed by atoms with Crippen molar-refractivity contribution in [1.29, 1.82) is 0 Å². The van der Waals surface area contributed by atoms with Gasteiger partial charge in [0.15, 0.2) is 0 Å². The van der Waals surface area contributed by atoms with Crippen LogP contribution in [0.3, 0.4) is 0 Å². The van der Waals surface area contributed by atoms with Crippen molar-refractivity contribution in [2.75, 3.05) is 0 Å². The summed E-state index contributed by atoms with van der Waals surface area (Å²) >= 11 is 0. The van der Waals surface area contributed by atoms with E-state index in [9.17, 15) is 0 Å². The minimum absolute atomic E-state index is 0.186. The predicted molar refractivity (Wildman–Crippen MR) is 58.6 cm³/mol. The third-order valence-electron chi connectivity index (χ3n) is 3.89. The van der Waals surface area contributed by atoms with Crippen LogP contribution >= 0.6 is 0 Å². The van der Waals surface area contributed by atoms with Crippen LogP contribution in [0, 0.1) is 0 Å². The third kappa shape index (κ3) is 2.15. The molecule has 2 aliphatic rings. The highest BCUT2D eigenvalue weighted by molar-refractivity contribution is 4.91. The van der Waals surface area contributed by atoms with Crippen LogP contribution in [0.15, 0.2) is 10.2 Å². The van der Waals surface area contributed by atoms with Crippen molar-refractivity contribution in [3.05, 3.63) is 0 Å². The molecule has 0 spiro atoms. The maximum Gasteiger partial charge on any atom is 0.0788 e. The summed E-state index contributed by atoms with van der Waals surface area (Å²) in [6.07, 6.45) is 10.3. The molecule has 0 aliphatic heterocycles. The smallest absolute Gasteiger partial charge is 0.0788 e. The summed E-state index contributed by atoms with van der Waals surface area (Å²) in [6.45, 7) is 4.53. The molecule has 2 rings (SSSR count). The lowest BCUT2D eigenvalue weighted by atomic mass is 10.0. The van der Waals surface area contributed by atoms with Crippen LogP contribution in [-0.4, -0.2) is 11.1 Å². The van der Waals surface area contributed by atoms with Gasteiger partial charge in [0.05, 0.1) is 11.1 Å². The monoisotopic (exact) mass is 194 g/mol. The molecule has 2 aliphatic carbocycles. The topological polar surface area (TPSA) is 24.7 Å². The molecule has 0 aromatic heterocycles. The Kier molecular flexibility index (Phi) is 2.63. The molecule has 0 amide bonds. The van der Waals surface area contributed by atoms with Gasteiger partial charge in [-0.05, 0) is 39.5 Å². The maximum atomic E-state index is 4.63. The van der Waals surface area contributed by atoms with E-state index < -0.39 is 0 Å². The van der Waals surface area contributed by atoms with E-state index in [1.54, 1.807) is 0 Å². The van der Waals surface area contributed by atoms with Crippen LogP contribution in [-0.2, 0) is 0 Å². The Morgan fingerprint density at radius 3 is 1.21 bits per heavy atom. The van der Waals surface area contributed by atoms with E-state index >= 15 is 0 Å². The Morgan fingerprint density at radius 2 is 0.929 bits per heavy atom. The minimum atomic E-state index is 0.186. The van der Waals surface area contributed by atoms with E-state index in [2.05, 4.69) is 24.1 Å². The van der Waals surface area contributed by atoms with E-state index in [0.29, 0.717) is 0 Å². The van der Waals surface area contributed by atoms with Gasteiger partial charge < -0.3 is 0 Å². The Bertz CT molecular complexity index is 196. The largest absolute Gasteiger partial charge is 0.187 e. The highest BCUT2D eigenvalue weighted by Crippen LogP contribution is 2.37. The number of hydrogen-bond acceptors (Lipinski definition) is 2. The number of hydrogen-bond donors (Lipinski definition) is 0. The molecule has 2 saturated carbocycles. The molecule has 0 N–H and O–H groups in total. The van der Waals surface area contributed by atoms with Crippen molar-refractivity contribution >= 4 is 0 Å². The first-order chi connectivity index (χ1) is 6.62. The lowest BCUT2D eigenvalue weighted by Crippen LogP contribution is -2.20. The third-order valence-corrected chi connectivity index (χ3v) is 3.89. The minimum Gasteiger partial charge on any atom is -0.187 e. The number of rotatable bonds is 2. The SMILES string of the molecule is CC1(N=NC2(C)CCCC2)CCCC1. The molecule has 0 atom stereocenters. The van der Waals surface area contributed by atoms with Crippen LogP contribution in [0.25, 0.3) is 0 Å². The zero-order chi connectivity index (χ0) is 10.1. The second-order valence-electron chi connectivity index (χ2n) is 5.61. The fourth-order valence-electron chi connectivity index (χ4n) is 2.71. The zero-order valence-electron chi connectivity index (χ0n) is 9.55. The summed E-state index contributed by atoms with van der Waals surface area (Å²) in [4.78, 5) is 0. The average Bonchev–Trinajstić information content (AvgIpc) is 2.74. The van der Waals surface area contributed by atoms with Crippen LogP contribution < -0.4 is 0 Å². The zero-order valence-corrected chi connectivity index (χ0v) is 9.55. The highest BCUT2D eigenvalue weighted by Gasteiger charge is 2.32. The number of nitrogens with zero attached hydrogens (tertiary/aromatic N) is 2. The Morgan fingerprint density at radius 1 is 0.643 bits per heavy atom. The van der Waals surface area contributed by atoms with Gasteiger partial charge in [-0.1, -0.05) is 25.7 Å². The van der Waals surface area contributed by atoms with Gasteiger partial charge in [0.25, 0.3) is 0 Å². The molecule has 14 heavy (non-hydrogen) atoms. The van der Waals surface area contributed by atoms with E-state index in [1.165, 1.54) is 51.4 Å². The quantitative estimate of drug-likeness (QED) is 0.591. The first-order valence-electron chi connectivity index (χ1n) is 6.06. The van der Waals surface area contributed by atoms with Crippen LogP contribution in [0.2, 0.25) is 0 Å². The summed E-state index contributed by atoms with van der Waals surface area (Å²) in [5.74, 6) is 0. The van der Waals surface area contributed by atoms with Crippen molar-refractivity contribution in [1.82, 2.24) is 0 Å². The van der Waals surface area contributed by atoms with Crippen molar-refractivity contribution < 1.29 is 0 Å². The van der Waals surface area contributed by atoms with Gasteiger partial charge in [-0.25, -0.2) is 0 Å². The van der Waals surface area contributed by atoms with Gasteiger partial charge in [0.2, 0.25) is 0 Å². The average molecular weight is 194 g/mol. The maximum absolute atomic E-state index is 4.63. The second kappa shape index (κ2) is 3.63. The van der Waals surface area contributed by atoms with E-state index in [4.69, 9.17) is 0 Å². The normalized spacial score (nSPS) is 30.1. The molecular weight excluding hydrogens is 172 g/mol. The van der Waals surface area contributed by atoms with Crippen LogP contribution in [0.1, 0.15) is 65.2 Å². The van der Waals surface area contributed by atoms with Gasteiger partial charge in [0.1, 0.15) is 0 Å².